The first-order valence-corrected chi connectivity index (χ1v) is 7.12. The van der Waals surface area contributed by atoms with E-state index in [0.717, 1.165) is 16.8 Å². The quantitative estimate of drug-likeness (QED) is 0.721. The topological polar surface area (TPSA) is 89.2 Å². The van der Waals surface area contributed by atoms with E-state index < -0.39 is 5.91 Å². The number of benzene rings is 1. The average Bonchev–Trinajstić information content (AvgIpc) is 3.08. The molecule has 0 aliphatic rings. The van der Waals surface area contributed by atoms with Gasteiger partial charge < -0.3 is 4.42 Å². The Hall–Kier alpha value is -3.09. The molecule has 0 radical (unpaired) electrons. The predicted octanol–water partition coefficient (Wildman–Crippen LogP) is 1.71. The van der Waals surface area contributed by atoms with E-state index in [1.54, 1.807) is 16.8 Å². The van der Waals surface area contributed by atoms with E-state index in [2.05, 4.69) is 16.0 Å². The van der Waals surface area contributed by atoms with Crippen LogP contribution in [0.25, 0.3) is 11.0 Å². The Labute approximate surface area is 132 Å². The van der Waals surface area contributed by atoms with Crippen LogP contribution in [0.1, 0.15) is 21.9 Å². The molecule has 7 nitrogen and oxygen atoms in total. The highest BCUT2D eigenvalue weighted by Gasteiger charge is 2.13. The Kier molecular flexibility index (Phi) is 3.84. The van der Waals surface area contributed by atoms with E-state index in [4.69, 9.17) is 4.42 Å². The molecule has 2 N–H and O–H groups in total. The number of hydrogen-bond donors (Lipinski definition) is 2. The maximum absolute atomic E-state index is 12.0. The lowest BCUT2D eigenvalue weighted by molar-refractivity contribution is -0.122. The van der Waals surface area contributed by atoms with Gasteiger partial charge in [0.1, 0.15) is 12.1 Å². The second-order valence-corrected chi connectivity index (χ2v) is 5.24. The summed E-state index contributed by atoms with van der Waals surface area (Å²) >= 11 is 0. The van der Waals surface area contributed by atoms with Gasteiger partial charge in [-0.15, -0.1) is 0 Å². The van der Waals surface area contributed by atoms with Crippen LogP contribution in [0.15, 0.2) is 40.8 Å². The molecule has 0 saturated carbocycles. The zero-order chi connectivity index (χ0) is 16.4. The van der Waals surface area contributed by atoms with E-state index in [-0.39, 0.29) is 18.2 Å². The first-order chi connectivity index (χ1) is 11.0. The molecule has 3 rings (SSSR count). The molecule has 0 saturated heterocycles. The number of hydrogen-bond acceptors (Lipinski definition) is 4. The largest absolute Gasteiger partial charge is 0.451 e. The Bertz CT molecular complexity index is 845. The molecular weight excluding hydrogens is 296 g/mol. The van der Waals surface area contributed by atoms with Gasteiger partial charge in [0, 0.05) is 11.1 Å². The van der Waals surface area contributed by atoms with Gasteiger partial charge in [-0.25, -0.2) is 0 Å². The summed E-state index contributed by atoms with van der Waals surface area (Å²) in [5, 5.41) is 5.01. The van der Waals surface area contributed by atoms with Crippen molar-refractivity contribution in [3.8, 4) is 0 Å². The summed E-state index contributed by atoms with van der Waals surface area (Å²) in [5.41, 5.74) is 7.01. The maximum atomic E-state index is 12.0. The Morgan fingerprint density at radius 3 is 2.65 bits per heavy atom. The normalized spacial score (nSPS) is 10.7. The van der Waals surface area contributed by atoms with Crippen LogP contribution < -0.4 is 10.9 Å². The SMILES string of the molecule is Cc1cc(C)n(CC(=O)NNC(=O)c2cc3ccccc3o2)n1. The minimum absolute atomic E-state index is 0.0279. The molecular formula is C16H16N4O3. The molecule has 0 atom stereocenters. The maximum Gasteiger partial charge on any atom is 0.305 e. The number of hydrazine groups is 1. The first kappa shape index (κ1) is 14.8. The zero-order valence-electron chi connectivity index (χ0n) is 12.8. The Morgan fingerprint density at radius 1 is 1.17 bits per heavy atom. The van der Waals surface area contributed by atoms with Crippen LogP contribution in [0.5, 0.6) is 0 Å². The fourth-order valence-corrected chi connectivity index (χ4v) is 2.29. The molecule has 118 valence electrons. The monoisotopic (exact) mass is 312 g/mol. The lowest BCUT2D eigenvalue weighted by Crippen LogP contribution is -2.43. The molecule has 3 aromatic rings. The van der Waals surface area contributed by atoms with Gasteiger partial charge in [0.2, 0.25) is 0 Å². The van der Waals surface area contributed by atoms with E-state index >= 15 is 0 Å². The van der Waals surface area contributed by atoms with Crippen molar-refractivity contribution in [1.29, 1.82) is 0 Å². The molecule has 2 heterocycles. The van der Waals surface area contributed by atoms with E-state index in [1.165, 1.54) is 0 Å². The number of nitrogens with one attached hydrogen (secondary N) is 2. The third kappa shape index (κ3) is 3.23. The number of carbonyl (C=O) groups is 2. The molecule has 7 heteroatoms. The van der Waals surface area contributed by atoms with Gasteiger partial charge in [0.25, 0.3) is 5.91 Å². The fourth-order valence-electron chi connectivity index (χ4n) is 2.29. The van der Waals surface area contributed by atoms with Crippen molar-refractivity contribution in [3.05, 3.63) is 53.5 Å². The molecule has 0 aliphatic carbocycles. The number of aryl methyl sites for hydroxylation is 2. The lowest BCUT2D eigenvalue weighted by atomic mass is 10.2. The minimum atomic E-state index is -0.511. The van der Waals surface area contributed by atoms with E-state index in [9.17, 15) is 9.59 Å². The number of nitrogens with zero attached hydrogens (tertiary/aromatic N) is 2. The molecule has 23 heavy (non-hydrogen) atoms. The van der Waals surface area contributed by atoms with Gasteiger partial charge in [0.15, 0.2) is 5.76 Å². The van der Waals surface area contributed by atoms with Gasteiger partial charge in [-0.05, 0) is 32.0 Å². The van der Waals surface area contributed by atoms with Crippen molar-refractivity contribution in [1.82, 2.24) is 20.6 Å². The van der Waals surface area contributed by atoms with Gasteiger partial charge in [-0.2, -0.15) is 5.10 Å². The van der Waals surface area contributed by atoms with Crippen LogP contribution in [0.4, 0.5) is 0 Å². The van der Waals surface area contributed by atoms with Crippen LogP contribution in [0.2, 0.25) is 0 Å². The van der Waals surface area contributed by atoms with Crippen LogP contribution in [0, 0.1) is 13.8 Å². The molecule has 0 spiro atoms. The minimum Gasteiger partial charge on any atom is -0.451 e. The molecule has 2 amide bonds. The van der Waals surface area contributed by atoms with Gasteiger partial charge in [-0.3, -0.25) is 25.1 Å². The van der Waals surface area contributed by atoms with Gasteiger partial charge in [0.05, 0.1) is 5.69 Å². The van der Waals surface area contributed by atoms with Crippen LogP contribution >= 0.6 is 0 Å². The van der Waals surface area contributed by atoms with Crippen molar-refractivity contribution in [3.63, 3.8) is 0 Å². The van der Waals surface area contributed by atoms with Crippen molar-refractivity contribution in [2.24, 2.45) is 0 Å². The number of carbonyl (C=O) groups excluding carboxylic acids is 2. The molecule has 0 bridgehead atoms. The average molecular weight is 312 g/mol. The first-order valence-electron chi connectivity index (χ1n) is 7.12. The number of fused-ring (bicyclic) bond motifs is 1. The molecule has 0 unspecified atom stereocenters. The fraction of sp³-hybridized carbons (Fsp3) is 0.188. The predicted molar refractivity (Wildman–Crippen MR) is 83.5 cm³/mol. The highest BCUT2D eigenvalue weighted by molar-refractivity contribution is 5.96. The number of para-hydroxylation sites is 1. The third-order valence-corrected chi connectivity index (χ3v) is 3.36. The summed E-state index contributed by atoms with van der Waals surface area (Å²) in [5.74, 6) is -0.749. The van der Waals surface area contributed by atoms with Crippen molar-refractivity contribution < 1.29 is 14.0 Å². The van der Waals surface area contributed by atoms with Crippen LogP contribution in [-0.4, -0.2) is 21.6 Å². The van der Waals surface area contributed by atoms with Crippen molar-refractivity contribution in [2.45, 2.75) is 20.4 Å². The number of amides is 2. The number of aromatic nitrogens is 2. The van der Waals surface area contributed by atoms with E-state index in [0.29, 0.717) is 5.58 Å². The smallest absolute Gasteiger partial charge is 0.305 e. The van der Waals surface area contributed by atoms with Crippen LogP contribution in [-0.2, 0) is 11.3 Å². The highest BCUT2D eigenvalue weighted by Crippen LogP contribution is 2.18. The van der Waals surface area contributed by atoms with Crippen molar-refractivity contribution in [2.75, 3.05) is 0 Å². The third-order valence-electron chi connectivity index (χ3n) is 3.36. The summed E-state index contributed by atoms with van der Waals surface area (Å²) in [4.78, 5) is 23.9. The molecule has 1 aromatic carbocycles. The van der Waals surface area contributed by atoms with Crippen molar-refractivity contribution >= 4 is 22.8 Å². The van der Waals surface area contributed by atoms with E-state index in [1.807, 2.05) is 38.1 Å². The van der Waals surface area contributed by atoms with Gasteiger partial charge in [-0.1, -0.05) is 18.2 Å². The highest BCUT2D eigenvalue weighted by atomic mass is 16.3. The Morgan fingerprint density at radius 2 is 1.96 bits per heavy atom. The zero-order valence-corrected chi connectivity index (χ0v) is 12.8. The number of rotatable bonds is 3. The van der Waals surface area contributed by atoms with Crippen LogP contribution in [0.3, 0.4) is 0 Å². The second kappa shape index (κ2) is 5.96. The summed E-state index contributed by atoms with van der Waals surface area (Å²) in [6.07, 6.45) is 0. The molecule has 0 aliphatic heterocycles. The number of furan rings is 1. The summed E-state index contributed by atoms with van der Waals surface area (Å²) < 4.78 is 6.99. The summed E-state index contributed by atoms with van der Waals surface area (Å²) in [6, 6.07) is 10.8. The second-order valence-electron chi connectivity index (χ2n) is 5.24. The summed E-state index contributed by atoms with van der Waals surface area (Å²) in [6.45, 7) is 3.74. The standard InChI is InChI=1S/C16H16N4O3/c1-10-7-11(2)20(19-10)9-15(21)17-18-16(22)14-8-12-5-3-4-6-13(12)23-14/h3-8H,9H2,1-2H3,(H,17,21)(H,18,22). The summed E-state index contributed by atoms with van der Waals surface area (Å²) in [7, 11) is 0. The Balaban J connectivity index is 1.60. The molecule has 0 fully saturated rings. The molecule has 2 aromatic heterocycles. The van der Waals surface area contributed by atoms with Gasteiger partial charge >= 0.3 is 5.91 Å². The lowest BCUT2D eigenvalue weighted by Gasteiger charge is -2.07.